The number of nitrogens with zero attached hydrogens (tertiary/aromatic N) is 2. The number of hydrogen-bond donors (Lipinski definition) is 1. The van der Waals surface area contributed by atoms with Gasteiger partial charge in [0.2, 0.25) is 0 Å². The summed E-state index contributed by atoms with van der Waals surface area (Å²) >= 11 is 1.58. The van der Waals surface area contributed by atoms with Gasteiger partial charge in [0.15, 0.2) is 5.16 Å². The highest BCUT2D eigenvalue weighted by Gasteiger charge is 1.99. The van der Waals surface area contributed by atoms with Crippen LogP contribution >= 0.6 is 11.8 Å². The molecule has 4 heteroatoms. The van der Waals surface area contributed by atoms with E-state index in [1.54, 1.807) is 24.0 Å². The van der Waals surface area contributed by atoms with E-state index in [-0.39, 0.29) is 0 Å². The Morgan fingerprint density at radius 2 is 2.00 bits per heavy atom. The fraction of sp³-hybridized carbons (Fsp3) is 0.0833. The van der Waals surface area contributed by atoms with Crippen LogP contribution < -0.4 is 0 Å². The molecule has 0 spiro atoms. The van der Waals surface area contributed by atoms with Gasteiger partial charge in [-0.3, -0.25) is 0 Å². The van der Waals surface area contributed by atoms with Crippen molar-refractivity contribution in [2.24, 2.45) is 0 Å². The highest BCUT2D eigenvalue weighted by Crippen LogP contribution is 2.18. The summed E-state index contributed by atoms with van der Waals surface area (Å²) in [5.74, 6) is 0.849. The maximum Gasteiger partial charge on any atom is 0.188 e. The Balaban J connectivity index is 2.02. The third-order valence-electron chi connectivity index (χ3n) is 2.01. The molecule has 0 saturated heterocycles. The number of rotatable bonds is 4. The quantitative estimate of drug-likeness (QED) is 0.498. The average Bonchev–Trinajstić information content (AvgIpc) is 2.38. The van der Waals surface area contributed by atoms with Crippen molar-refractivity contribution in [3.63, 3.8) is 0 Å². The van der Waals surface area contributed by atoms with Crippen LogP contribution in [0.15, 0.2) is 47.8 Å². The van der Waals surface area contributed by atoms with Crippen LogP contribution in [0.3, 0.4) is 0 Å². The van der Waals surface area contributed by atoms with Crippen LogP contribution in [0.5, 0.6) is 0 Å². The third kappa shape index (κ3) is 2.90. The van der Waals surface area contributed by atoms with Crippen LogP contribution in [0.1, 0.15) is 11.3 Å². The molecule has 0 atom stereocenters. The number of aromatic nitrogens is 2. The van der Waals surface area contributed by atoms with Crippen LogP contribution in [0, 0.1) is 5.41 Å². The fourth-order valence-corrected chi connectivity index (χ4v) is 2.02. The molecule has 1 N–H and O–H groups in total. The van der Waals surface area contributed by atoms with E-state index in [4.69, 9.17) is 5.41 Å². The molecular weight excluding hydrogens is 218 g/mol. The molecule has 0 aliphatic heterocycles. The predicted octanol–water partition coefficient (Wildman–Crippen LogP) is 2.77. The maximum atomic E-state index is 7.11. The van der Waals surface area contributed by atoms with Crippen LogP contribution in [0.2, 0.25) is 0 Å². The van der Waals surface area contributed by atoms with Gasteiger partial charge < -0.3 is 5.41 Å². The Labute approximate surface area is 98.5 Å². The first-order valence-corrected chi connectivity index (χ1v) is 5.87. The van der Waals surface area contributed by atoms with Crippen molar-refractivity contribution in [3.8, 4) is 0 Å². The highest BCUT2D eigenvalue weighted by atomic mass is 32.2. The summed E-state index contributed by atoms with van der Waals surface area (Å²) < 4.78 is 0. The smallest absolute Gasteiger partial charge is 0.188 e. The molecule has 1 aromatic carbocycles. The number of thioether (sulfide) groups is 1. The number of hydrogen-bond acceptors (Lipinski definition) is 4. The largest absolute Gasteiger partial charge is 0.307 e. The SMILES string of the molecule is N=Cc1ccnc(SCc2ccccc2)n1. The Kier molecular flexibility index (Phi) is 3.66. The molecule has 16 heavy (non-hydrogen) atoms. The van der Waals surface area contributed by atoms with Gasteiger partial charge in [-0.2, -0.15) is 0 Å². The molecule has 2 rings (SSSR count). The predicted molar refractivity (Wildman–Crippen MR) is 65.9 cm³/mol. The lowest BCUT2D eigenvalue weighted by Gasteiger charge is -2.00. The van der Waals surface area contributed by atoms with E-state index >= 15 is 0 Å². The summed E-state index contributed by atoms with van der Waals surface area (Å²) in [4.78, 5) is 8.37. The fourth-order valence-electron chi connectivity index (χ4n) is 1.23. The van der Waals surface area contributed by atoms with Crippen LogP contribution in [0.4, 0.5) is 0 Å². The summed E-state index contributed by atoms with van der Waals surface area (Å²) in [6, 6.07) is 11.9. The molecule has 0 radical (unpaired) electrons. The Hall–Kier alpha value is -1.68. The number of benzene rings is 1. The van der Waals surface area contributed by atoms with Crippen molar-refractivity contribution in [2.75, 3.05) is 0 Å². The van der Waals surface area contributed by atoms with Crippen molar-refractivity contribution in [2.45, 2.75) is 10.9 Å². The lowest BCUT2D eigenvalue weighted by atomic mass is 10.2. The molecule has 3 nitrogen and oxygen atoms in total. The summed E-state index contributed by atoms with van der Waals surface area (Å²) in [6.45, 7) is 0. The Morgan fingerprint density at radius 3 is 2.75 bits per heavy atom. The molecule has 1 aromatic heterocycles. The lowest BCUT2D eigenvalue weighted by molar-refractivity contribution is 0.959. The minimum Gasteiger partial charge on any atom is -0.307 e. The van der Waals surface area contributed by atoms with Gasteiger partial charge in [0, 0.05) is 18.2 Å². The second-order valence-corrected chi connectivity index (χ2v) is 4.13. The van der Waals surface area contributed by atoms with Crippen LogP contribution in [-0.4, -0.2) is 16.2 Å². The van der Waals surface area contributed by atoms with Gasteiger partial charge in [-0.25, -0.2) is 9.97 Å². The molecule has 0 aliphatic rings. The van der Waals surface area contributed by atoms with Crippen molar-refractivity contribution in [3.05, 3.63) is 53.9 Å². The zero-order valence-corrected chi connectivity index (χ0v) is 9.45. The standard InChI is InChI=1S/C12H11N3S/c13-8-11-6-7-14-12(15-11)16-9-10-4-2-1-3-5-10/h1-8,13H,9H2. The minimum absolute atomic E-state index is 0.644. The molecule has 0 bridgehead atoms. The highest BCUT2D eigenvalue weighted by molar-refractivity contribution is 7.98. The second-order valence-electron chi connectivity index (χ2n) is 3.18. The monoisotopic (exact) mass is 229 g/mol. The summed E-state index contributed by atoms with van der Waals surface area (Å²) in [5.41, 5.74) is 1.89. The molecule has 2 aromatic rings. The first kappa shape index (κ1) is 10.8. The van der Waals surface area contributed by atoms with E-state index < -0.39 is 0 Å². The van der Waals surface area contributed by atoms with Crippen molar-refractivity contribution >= 4 is 18.0 Å². The molecule has 1 heterocycles. The summed E-state index contributed by atoms with van der Waals surface area (Å²) in [6.07, 6.45) is 2.91. The van der Waals surface area contributed by atoms with Crippen molar-refractivity contribution in [1.82, 2.24) is 9.97 Å². The molecule has 0 unspecified atom stereocenters. The number of nitrogens with one attached hydrogen (secondary N) is 1. The van der Waals surface area contributed by atoms with E-state index in [1.807, 2.05) is 18.2 Å². The van der Waals surface area contributed by atoms with E-state index in [1.165, 1.54) is 11.8 Å². The molecule has 0 fully saturated rings. The second kappa shape index (κ2) is 5.42. The van der Waals surface area contributed by atoms with Gasteiger partial charge in [-0.15, -0.1) is 0 Å². The van der Waals surface area contributed by atoms with Gasteiger partial charge >= 0.3 is 0 Å². The van der Waals surface area contributed by atoms with Gasteiger partial charge in [0.1, 0.15) is 0 Å². The van der Waals surface area contributed by atoms with Crippen LogP contribution in [-0.2, 0) is 5.75 Å². The summed E-state index contributed by atoms with van der Waals surface area (Å²) in [5, 5.41) is 7.82. The first-order chi connectivity index (χ1) is 7.88. The molecule has 80 valence electrons. The van der Waals surface area contributed by atoms with Gasteiger partial charge in [0.05, 0.1) is 5.69 Å². The molecular formula is C12H11N3S. The first-order valence-electron chi connectivity index (χ1n) is 4.89. The molecule has 0 amide bonds. The zero-order valence-electron chi connectivity index (χ0n) is 8.63. The van der Waals surface area contributed by atoms with Crippen LogP contribution in [0.25, 0.3) is 0 Å². The third-order valence-corrected chi connectivity index (χ3v) is 2.95. The zero-order chi connectivity index (χ0) is 11.2. The lowest BCUT2D eigenvalue weighted by Crippen LogP contribution is -1.92. The van der Waals surface area contributed by atoms with Crippen molar-refractivity contribution in [1.29, 1.82) is 5.41 Å². The van der Waals surface area contributed by atoms with E-state index in [9.17, 15) is 0 Å². The summed E-state index contributed by atoms with van der Waals surface area (Å²) in [7, 11) is 0. The molecule has 0 aliphatic carbocycles. The van der Waals surface area contributed by atoms with E-state index in [0.29, 0.717) is 10.9 Å². The van der Waals surface area contributed by atoms with E-state index in [2.05, 4.69) is 22.1 Å². The molecule has 0 saturated carbocycles. The average molecular weight is 229 g/mol. The van der Waals surface area contributed by atoms with E-state index in [0.717, 1.165) is 5.75 Å². The van der Waals surface area contributed by atoms with Gasteiger partial charge in [-0.05, 0) is 11.6 Å². The Bertz CT molecular complexity index is 471. The van der Waals surface area contributed by atoms with Gasteiger partial charge in [0.25, 0.3) is 0 Å². The maximum absolute atomic E-state index is 7.11. The Morgan fingerprint density at radius 1 is 1.19 bits per heavy atom. The topological polar surface area (TPSA) is 49.6 Å². The van der Waals surface area contributed by atoms with Crippen molar-refractivity contribution < 1.29 is 0 Å². The normalized spacial score (nSPS) is 10.0. The van der Waals surface area contributed by atoms with Gasteiger partial charge in [-0.1, -0.05) is 42.1 Å². The minimum atomic E-state index is 0.644.